The molecule has 0 amide bonds. The molecule has 1 aliphatic heterocycles. The molecule has 0 atom stereocenters. The molecular formula is C11H21BO2. The third kappa shape index (κ3) is 1.89. The van der Waals surface area contributed by atoms with Gasteiger partial charge in [-0.3, -0.25) is 0 Å². The van der Waals surface area contributed by atoms with Crippen molar-refractivity contribution in [1.29, 1.82) is 0 Å². The van der Waals surface area contributed by atoms with Gasteiger partial charge in [-0.05, 0) is 53.9 Å². The molecule has 1 heterocycles. The van der Waals surface area contributed by atoms with Gasteiger partial charge in [-0.25, -0.2) is 0 Å². The van der Waals surface area contributed by atoms with E-state index in [-0.39, 0.29) is 18.3 Å². The van der Waals surface area contributed by atoms with Crippen LogP contribution < -0.4 is 0 Å². The normalized spacial score (nSPS) is 23.8. The summed E-state index contributed by atoms with van der Waals surface area (Å²) in [5.41, 5.74) is 2.00. The molecule has 0 spiro atoms. The fourth-order valence-electron chi connectivity index (χ4n) is 1.26. The Morgan fingerprint density at radius 1 is 0.857 bits per heavy atom. The van der Waals surface area contributed by atoms with E-state index in [1.54, 1.807) is 0 Å². The van der Waals surface area contributed by atoms with Gasteiger partial charge in [0.1, 0.15) is 0 Å². The first-order valence-electron chi connectivity index (χ1n) is 5.17. The summed E-state index contributed by atoms with van der Waals surface area (Å²) < 4.78 is 11.8. The van der Waals surface area contributed by atoms with Crippen LogP contribution >= 0.6 is 0 Å². The fraction of sp³-hybridized carbons (Fsp3) is 0.818. The molecule has 0 aromatic rings. The van der Waals surface area contributed by atoms with E-state index in [9.17, 15) is 0 Å². The van der Waals surface area contributed by atoms with Crippen LogP contribution in [0.25, 0.3) is 0 Å². The van der Waals surface area contributed by atoms with E-state index in [2.05, 4.69) is 48.5 Å². The molecule has 2 nitrogen and oxygen atoms in total. The van der Waals surface area contributed by atoms with E-state index >= 15 is 0 Å². The molecule has 0 unspecified atom stereocenters. The second-order valence-corrected chi connectivity index (χ2v) is 5.27. The van der Waals surface area contributed by atoms with Crippen LogP contribution in [0.5, 0.6) is 0 Å². The van der Waals surface area contributed by atoms with Crippen LogP contribution in [0, 0.1) is 0 Å². The fourth-order valence-corrected chi connectivity index (χ4v) is 1.26. The molecule has 14 heavy (non-hydrogen) atoms. The summed E-state index contributed by atoms with van der Waals surface area (Å²) in [6.07, 6.45) is 0. The Hall–Kier alpha value is -0.275. The van der Waals surface area contributed by atoms with Gasteiger partial charge in [-0.1, -0.05) is 5.57 Å². The van der Waals surface area contributed by atoms with E-state index in [1.807, 2.05) is 0 Å². The molecule has 0 aliphatic carbocycles. The highest BCUT2D eigenvalue weighted by Crippen LogP contribution is 2.38. The van der Waals surface area contributed by atoms with Crippen LogP contribution in [0.4, 0.5) is 0 Å². The minimum absolute atomic E-state index is 0.176. The zero-order valence-electron chi connectivity index (χ0n) is 10.4. The summed E-state index contributed by atoms with van der Waals surface area (Å²) in [7, 11) is -0.176. The predicted octanol–water partition coefficient (Wildman–Crippen LogP) is 2.97. The molecule has 1 rings (SSSR count). The summed E-state index contributed by atoms with van der Waals surface area (Å²) >= 11 is 0. The smallest absolute Gasteiger partial charge is 0.400 e. The maximum Gasteiger partial charge on any atom is 0.490 e. The van der Waals surface area contributed by atoms with Crippen LogP contribution in [0.1, 0.15) is 48.5 Å². The lowest BCUT2D eigenvalue weighted by Crippen LogP contribution is -2.41. The van der Waals surface area contributed by atoms with Crippen LogP contribution in [0.2, 0.25) is 0 Å². The predicted molar refractivity (Wildman–Crippen MR) is 60.1 cm³/mol. The van der Waals surface area contributed by atoms with Crippen molar-refractivity contribution in [1.82, 2.24) is 0 Å². The van der Waals surface area contributed by atoms with Crippen molar-refractivity contribution in [3.05, 3.63) is 11.0 Å². The summed E-state index contributed by atoms with van der Waals surface area (Å²) in [4.78, 5) is 0. The third-order valence-electron chi connectivity index (χ3n) is 3.40. The highest BCUT2D eigenvalue weighted by molar-refractivity contribution is 6.54. The molecule has 0 bridgehead atoms. The van der Waals surface area contributed by atoms with Crippen molar-refractivity contribution in [2.45, 2.75) is 59.7 Å². The summed E-state index contributed by atoms with van der Waals surface area (Å²) in [5, 5.41) is 0. The van der Waals surface area contributed by atoms with E-state index in [0.29, 0.717) is 0 Å². The molecule has 1 aliphatic rings. The SMILES string of the molecule is CC(C)=C(C)B1OC(C)(C)C(C)(C)O1. The van der Waals surface area contributed by atoms with Crippen molar-refractivity contribution in [3.8, 4) is 0 Å². The number of rotatable bonds is 1. The van der Waals surface area contributed by atoms with Crippen LogP contribution in [0.15, 0.2) is 11.0 Å². The Morgan fingerprint density at radius 3 is 1.50 bits per heavy atom. The van der Waals surface area contributed by atoms with Gasteiger partial charge in [-0.2, -0.15) is 0 Å². The van der Waals surface area contributed by atoms with E-state index < -0.39 is 0 Å². The minimum Gasteiger partial charge on any atom is -0.400 e. The lowest BCUT2D eigenvalue weighted by molar-refractivity contribution is 0.00578. The van der Waals surface area contributed by atoms with Gasteiger partial charge in [0.05, 0.1) is 11.2 Å². The highest BCUT2D eigenvalue weighted by Gasteiger charge is 2.51. The molecule has 0 aromatic heterocycles. The second-order valence-electron chi connectivity index (χ2n) is 5.27. The van der Waals surface area contributed by atoms with E-state index in [4.69, 9.17) is 9.31 Å². The third-order valence-corrected chi connectivity index (χ3v) is 3.40. The Labute approximate surface area is 87.8 Å². The molecule has 3 heteroatoms. The molecular weight excluding hydrogens is 175 g/mol. The average Bonchev–Trinajstić information content (AvgIpc) is 2.20. The average molecular weight is 196 g/mol. The Balaban J connectivity index is 2.89. The quantitative estimate of drug-likeness (QED) is 0.600. The van der Waals surface area contributed by atoms with Crippen LogP contribution in [0.3, 0.4) is 0 Å². The summed E-state index contributed by atoms with van der Waals surface area (Å²) in [6.45, 7) is 14.5. The minimum atomic E-state index is -0.228. The van der Waals surface area contributed by atoms with Crippen molar-refractivity contribution in [2.75, 3.05) is 0 Å². The van der Waals surface area contributed by atoms with E-state index in [0.717, 1.165) is 0 Å². The standard InChI is InChI=1S/C11H21BO2/c1-8(2)9(3)12-13-10(4,5)11(6,7)14-12/h1-7H3. The maximum absolute atomic E-state index is 5.91. The first-order chi connectivity index (χ1) is 6.17. The van der Waals surface area contributed by atoms with Crippen molar-refractivity contribution < 1.29 is 9.31 Å². The molecule has 1 fully saturated rings. The maximum atomic E-state index is 5.91. The van der Waals surface area contributed by atoms with E-state index in [1.165, 1.54) is 11.0 Å². The van der Waals surface area contributed by atoms with Crippen molar-refractivity contribution >= 4 is 7.12 Å². The zero-order valence-corrected chi connectivity index (χ0v) is 10.4. The molecule has 0 radical (unpaired) electrons. The van der Waals surface area contributed by atoms with Gasteiger partial charge in [0.15, 0.2) is 0 Å². The van der Waals surface area contributed by atoms with Crippen LogP contribution in [-0.4, -0.2) is 18.3 Å². The molecule has 80 valence electrons. The first kappa shape index (κ1) is 11.8. The Bertz CT molecular complexity index is 246. The number of allylic oxidation sites excluding steroid dienone is 2. The highest BCUT2D eigenvalue weighted by atomic mass is 16.7. The summed E-state index contributed by atoms with van der Waals surface area (Å²) in [5.74, 6) is 0. The van der Waals surface area contributed by atoms with Gasteiger partial charge in [0.25, 0.3) is 0 Å². The summed E-state index contributed by atoms with van der Waals surface area (Å²) in [6, 6.07) is 0. The Kier molecular flexibility index (Phi) is 2.85. The molecule has 0 saturated carbocycles. The van der Waals surface area contributed by atoms with Gasteiger partial charge in [-0.15, -0.1) is 0 Å². The van der Waals surface area contributed by atoms with Gasteiger partial charge in [0, 0.05) is 0 Å². The monoisotopic (exact) mass is 196 g/mol. The Morgan fingerprint density at radius 2 is 1.21 bits per heavy atom. The topological polar surface area (TPSA) is 18.5 Å². The number of hydrogen-bond donors (Lipinski definition) is 0. The zero-order chi connectivity index (χ0) is 11.1. The number of hydrogen-bond acceptors (Lipinski definition) is 2. The van der Waals surface area contributed by atoms with Gasteiger partial charge < -0.3 is 9.31 Å². The largest absolute Gasteiger partial charge is 0.490 e. The molecule has 1 saturated heterocycles. The van der Waals surface area contributed by atoms with Crippen molar-refractivity contribution in [2.24, 2.45) is 0 Å². The van der Waals surface area contributed by atoms with Gasteiger partial charge in [0.2, 0.25) is 0 Å². The van der Waals surface area contributed by atoms with Gasteiger partial charge >= 0.3 is 7.12 Å². The second kappa shape index (κ2) is 3.39. The molecule has 0 N–H and O–H groups in total. The molecule has 0 aromatic carbocycles. The van der Waals surface area contributed by atoms with Crippen LogP contribution in [-0.2, 0) is 9.31 Å². The lowest BCUT2D eigenvalue weighted by atomic mass is 9.77. The lowest BCUT2D eigenvalue weighted by Gasteiger charge is -2.32. The van der Waals surface area contributed by atoms with Crippen molar-refractivity contribution in [3.63, 3.8) is 0 Å². The first-order valence-corrected chi connectivity index (χ1v) is 5.17.